The summed E-state index contributed by atoms with van der Waals surface area (Å²) >= 11 is 0. The number of benzene rings is 1. The van der Waals surface area contributed by atoms with E-state index in [-0.39, 0.29) is 23.0 Å². The molecule has 2 atom stereocenters. The van der Waals surface area contributed by atoms with Crippen LogP contribution < -0.4 is 10.1 Å². The van der Waals surface area contributed by atoms with Crippen LogP contribution in [-0.4, -0.2) is 60.2 Å². The Morgan fingerprint density at radius 1 is 1.52 bits per heavy atom. The zero-order chi connectivity index (χ0) is 15.6. The summed E-state index contributed by atoms with van der Waals surface area (Å²) in [5.74, 6) is -0.497. The number of methoxy groups -OCH3 is 1. The average molecular weight is 295 g/mol. The first kappa shape index (κ1) is 15.2. The van der Waals surface area contributed by atoms with Crippen LogP contribution in [0.15, 0.2) is 18.2 Å². The van der Waals surface area contributed by atoms with Crippen molar-refractivity contribution in [3.8, 4) is 5.75 Å². The maximum Gasteiger partial charge on any atom is 0.311 e. The molecule has 1 aliphatic heterocycles. The van der Waals surface area contributed by atoms with E-state index in [2.05, 4.69) is 5.32 Å². The second kappa shape index (κ2) is 6.06. The van der Waals surface area contributed by atoms with E-state index in [0.29, 0.717) is 13.1 Å². The maximum absolute atomic E-state index is 12.5. The fraction of sp³-hybridized carbons (Fsp3) is 0.462. The Bertz CT molecular complexity index is 563. The minimum absolute atomic E-state index is 0.0696. The summed E-state index contributed by atoms with van der Waals surface area (Å²) in [4.78, 5) is 24.3. The number of nitrogens with one attached hydrogen (secondary N) is 1. The van der Waals surface area contributed by atoms with Gasteiger partial charge in [-0.15, -0.1) is 0 Å². The van der Waals surface area contributed by atoms with Crippen LogP contribution in [0, 0.1) is 10.1 Å². The molecule has 1 aromatic carbocycles. The van der Waals surface area contributed by atoms with Gasteiger partial charge in [0.2, 0.25) is 5.75 Å². The van der Waals surface area contributed by atoms with Crippen LogP contribution in [0.1, 0.15) is 10.4 Å². The molecule has 1 fully saturated rings. The minimum atomic E-state index is -0.663. The Morgan fingerprint density at radius 2 is 2.24 bits per heavy atom. The molecule has 2 rings (SSSR count). The smallest absolute Gasteiger partial charge is 0.311 e. The number of rotatable bonds is 4. The third-order valence-corrected chi connectivity index (χ3v) is 3.59. The van der Waals surface area contributed by atoms with Gasteiger partial charge in [-0.25, -0.2) is 0 Å². The summed E-state index contributed by atoms with van der Waals surface area (Å²) in [5, 5.41) is 23.8. The van der Waals surface area contributed by atoms with E-state index in [1.54, 1.807) is 7.05 Å². The Balaban J connectivity index is 2.34. The van der Waals surface area contributed by atoms with Gasteiger partial charge in [0.25, 0.3) is 5.91 Å². The molecule has 1 amide bonds. The number of carbonyl (C=O) groups is 1. The van der Waals surface area contributed by atoms with E-state index < -0.39 is 16.9 Å². The molecule has 1 saturated heterocycles. The predicted molar refractivity (Wildman–Crippen MR) is 74.4 cm³/mol. The van der Waals surface area contributed by atoms with Gasteiger partial charge in [0.05, 0.1) is 29.7 Å². The van der Waals surface area contributed by atoms with E-state index in [0.717, 1.165) is 0 Å². The summed E-state index contributed by atoms with van der Waals surface area (Å²) in [7, 11) is 2.84. The molecule has 0 aliphatic carbocycles. The number of nitrogens with zero attached hydrogens (tertiary/aromatic N) is 2. The molecule has 2 N–H and O–H groups in total. The fourth-order valence-corrected chi connectivity index (χ4v) is 2.44. The third kappa shape index (κ3) is 2.81. The van der Waals surface area contributed by atoms with E-state index in [1.807, 2.05) is 0 Å². The number of aliphatic hydroxyl groups excluding tert-OH is 1. The highest BCUT2D eigenvalue weighted by atomic mass is 16.6. The lowest BCUT2D eigenvalue weighted by Gasteiger charge is -2.26. The minimum Gasteiger partial charge on any atom is -0.490 e. The second-order valence-electron chi connectivity index (χ2n) is 4.82. The van der Waals surface area contributed by atoms with E-state index >= 15 is 0 Å². The predicted octanol–water partition coefficient (Wildman–Crippen LogP) is 0.00810. The van der Waals surface area contributed by atoms with Crippen molar-refractivity contribution >= 4 is 11.6 Å². The largest absolute Gasteiger partial charge is 0.490 e. The lowest BCUT2D eigenvalue weighted by molar-refractivity contribution is -0.385. The number of nitro benzene ring substituents is 1. The molecule has 0 aromatic heterocycles. The van der Waals surface area contributed by atoms with Crippen molar-refractivity contribution in [3.05, 3.63) is 33.9 Å². The monoisotopic (exact) mass is 295 g/mol. The average Bonchev–Trinajstić information content (AvgIpc) is 2.90. The van der Waals surface area contributed by atoms with E-state index in [4.69, 9.17) is 4.74 Å². The number of aliphatic hydroxyl groups is 1. The van der Waals surface area contributed by atoms with Gasteiger partial charge in [0.1, 0.15) is 0 Å². The zero-order valence-electron chi connectivity index (χ0n) is 11.8. The number of nitro groups is 1. The van der Waals surface area contributed by atoms with Crippen molar-refractivity contribution in [2.75, 3.05) is 27.2 Å². The Hall–Kier alpha value is -2.19. The summed E-state index contributed by atoms with van der Waals surface area (Å²) < 4.78 is 5.03. The lowest BCUT2D eigenvalue weighted by Crippen LogP contribution is -2.44. The standard InChI is InChI=1S/C13H17N3O5/c1-15(10-6-14-7-11(10)17)13(18)8-4-3-5-9(16(19)20)12(8)21-2/h3-5,10-11,14,17H,6-7H2,1-2H3/t10-,11-/m1/s1. The summed E-state index contributed by atoms with van der Waals surface area (Å²) in [5.41, 5.74) is -0.157. The van der Waals surface area contributed by atoms with Gasteiger partial charge >= 0.3 is 5.69 Å². The van der Waals surface area contributed by atoms with Gasteiger partial charge < -0.3 is 20.1 Å². The van der Waals surface area contributed by atoms with Gasteiger partial charge in [-0.2, -0.15) is 0 Å². The fourth-order valence-electron chi connectivity index (χ4n) is 2.44. The molecule has 8 heteroatoms. The topological polar surface area (TPSA) is 105 Å². The van der Waals surface area contributed by atoms with Crippen LogP contribution in [0.3, 0.4) is 0 Å². The number of hydrogen-bond donors (Lipinski definition) is 2. The van der Waals surface area contributed by atoms with Gasteiger partial charge in [0.15, 0.2) is 0 Å². The van der Waals surface area contributed by atoms with Crippen LogP contribution in [0.5, 0.6) is 5.75 Å². The first-order valence-electron chi connectivity index (χ1n) is 6.44. The number of ether oxygens (including phenoxy) is 1. The van der Waals surface area contributed by atoms with Crippen molar-refractivity contribution in [1.29, 1.82) is 0 Å². The van der Waals surface area contributed by atoms with Gasteiger partial charge in [0, 0.05) is 26.2 Å². The van der Waals surface area contributed by atoms with Crippen molar-refractivity contribution in [3.63, 3.8) is 0 Å². The van der Waals surface area contributed by atoms with Gasteiger partial charge in [-0.1, -0.05) is 6.07 Å². The summed E-state index contributed by atoms with van der Waals surface area (Å²) in [6.07, 6.45) is -0.663. The maximum atomic E-state index is 12.5. The Morgan fingerprint density at radius 3 is 2.76 bits per heavy atom. The highest BCUT2D eigenvalue weighted by Gasteiger charge is 2.33. The molecule has 114 valence electrons. The molecule has 1 aliphatic rings. The Kier molecular flexibility index (Phi) is 4.39. The third-order valence-electron chi connectivity index (χ3n) is 3.59. The highest BCUT2D eigenvalue weighted by molar-refractivity contribution is 5.98. The highest BCUT2D eigenvalue weighted by Crippen LogP contribution is 2.31. The van der Waals surface area contributed by atoms with Gasteiger partial charge in [-0.05, 0) is 6.07 Å². The molecule has 8 nitrogen and oxygen atoms in total. The molecule has 1 aromatic rings. The van der Waals surface area contributed by atoms with Crippen LogP contribution in [0.2, 0.25) is 0 Å². The number of likely N-dealkylation sites (N-methyl/N-ethyl adjacent to an activating group) is 1. The van der Waals surface area contributed by atoms with Crippen molar-refractivity contribution < 1.29 is 19.6 Å². The first-order chi connectivity index (χ1) is 9.97. The molecule has 21 heavy (non-hydrogen) atoms. The number of carbonyl (C=O) groups excluding carboxylic acids is 1. The van der Waals surface area contributed by atoms with Crippen molar-refractivity contribution in [2.45, 2.75) is 12.1 Å². The quantitative estimate of drug-likeness (QED) is 0.599. The van der Waals surface area contributed by atoms with Crippen molar-refractivity contribution in [1.82, 2.24) is 10.2 Å². The normalized spacial score (nSPS) is 21.1. The molecular formula is C13H17N3O5. The van der Waals surface area contributed by atoms with Crippen LogP contribution in [-0.2, 0) is 0 Å². The SMILES string of the molecule is COc1c(C(=O)N(C)[C@@H]2CNC[C@H]2O)cccc1[N+](=O)[O-]. The van der Waals surface area contributed by atoms with Gasteiger partial charge in [-0.3, -0.25) is 14.9 Å². The molecule has 0 bridgehead atoms. The number of amides is 1. The van der Waals surface area contributed by atoms with Crippen LogP contribution >= 0.6 is 0 Å². The molecule has 0 unspecified atom stereocenters. The molecule has 0 radical (unpaired) electrons. The Labute approximate surface area is 121 Å². The molecule has 1 heterocycles. The van der Waals surface area contributed by atoms with Crippen LogP contribution in [0.25, 0.3) is 0 Å². The second-order valence-corrected chi connectivity index (χ2v) is 4.82. The summed E-state index contributed by atoms with van der Waals surface area (Å²) in [6, 6.07) is 3.81. The molecule has 0 saturated carbocycles. The van der Waals surface area contributed by atoms with Crippen molar-refractivity contribution in [2.24, 2.45) is 0 Å². The van der Waals surface area contributed by atoms with Crippen LogP contribution in [0.4, 0.5) is 5.69 Å². The van der Waals surface area contributed by atoms with E-state index in [1.165, 1.54) is 30.2 Å². The zero-order valence-corrected chi connectivity index (χ0v) is 11.8. The first-order valence-corrected chi connectivity index (χ1v) is 6.44. The lowest BCUT2D eigenvalue weighted by atomic mass is 10.1. The van der Waals surface area contributed by atoms with E-state index in [9.17, 15) is 20.0 Å². The summed E-state index contributed by atoms with van der Waals surface area (Å²) in [6.45, 7) is 0.884. The molecule has 0 spiro atoms. The number of hydrogen-bond acceptors (Lipinski definition) is 6. The number of para-hydroxylation sites is 1. The number of β-amino-alcohol motifs (C(OH)–C–C–N with tert-alkyl or cyclic N) is 1. The molecular weight excluding hydrogens is 278 g/mol.